The van der Waals surface area contributed by atoms with E-state index in [1.165, 1.54) is 11.1 Å². The first-order chi connectivity index (χ1) is 10.3. The summed E-state index contributed by atoms with van der Waals surface area (Å²) in [6, 6.07) is 8.09. The molecule has 1 N–H and O–H groups in total. The van der Waals surface area contributed by atoms with E-state index >= 15 is 0 Å². The minimum Gasteiger partial charge on any atom is -0.497 e. The van der Waals surface area contributed by atoms with Gasteiger partial charge in [0.2, 0.25) is 0 Å². The number of fused-ring (bicyclic) bond motifs is 1. The van der Waals surface area contributed by atoms with Crippen LogP contribution in [0.4, 0.5) is 0 Å². The van der Waals surface area contributed by atoms with Crippen molar-refractivity contribution >= 4 is 0 Å². The summed E-state index contributed by atoms with van der Waals surface area (Å²) >= 11 is 0. The Morgan fingerprint density at radius 2 is 2.19 bits per heavy atom. The van der Waals surface area contributed by atoms with Crippen LogP contribution in [0.3, 0.4) is 0 Å². The van der Waals surface area contributed by atoms with Crippen LogP contribution in [-0.2, 0) is 24.8 Å². The molecule has 0 aliphatic carbocycles. The number of benzene rings is 1. The van der Waals surface area contributed by atoms with E-state index in [9.17, 15) is 0 Å². The SMILES string of the molecule is COc1ccc(CNCC2OCCc3cn(C)nc32)cc1. The lowest BCUT2D eigenvalue weighted by atomic mass is 10.1. The Morgan fingerprint density at radius 3 is 2.95 bits per heavy atom. The van der Waals surface area contributed by atoms with Crippen molar-refractivity contribution in [1.29, 1.82) is 0 Å². The molecule has 0 saturated carbocycles. The molecule has 1 atom stereocenters. The van der Waals surface area contributed by atoms with Gasteiger partial charge in [0.15, 0.2) is 0 Å². The molecule has 1 unspecified atom stereocenters. The Hall–Kier alpha value is -1.85. The number of nitrogens with one attached hydrogen (secondary N) is 1. The maximum Gasteiger partial charge on any atom is 0.118 e. The van der Waals surface area contributed by atoms with Crippen LogP contribution in [0.2, 0.25) is 0 Å². The summed E-state index contributed by atoms with van der Waals surface area (Å²) in [6.45, 7) is 2.36. The molecule has 3 rings (SSSR count). The first-order valence-corrected chi connectivity index (χ1v) is 7.24. The van der Waals surface area contributed by atoms with Gasteiger partial charge in [0.25, 0.3) is 0 Å². The predicted octanol–water partition coefficient (Wildman–Crippen LogP) is 1.83. The highest BCUT2D eigenvalue weighted by Crippen LogP contribution is 2.24. The minimum atomic E-state index is 0.0493. The molecule has 112 valence electrons. The fraction of sp³-hybridized carbons (Fsp3) is 0.438. The number of ether oxygens (including phenoxy) is 2. The van der Waals surface area contributed by atoms with Crippen molar-refractivity contribution in [2.24, 2.45) is 7.05 Å². The van der Waals surface area contributed by atoms with Crippen LogP contribution in [-0.4, -0.2) is 30.0 Å². The van der Waals surface area contributed by atoms with Crippen molar-refractivity contribution in [2.75, 3.05) is 20.3 Å². The highest BCUT2D eigenvalue weighted by Gasteiger charge is 2.23. The quantitative estimate of drug-likeness (QED) is 0.911. The molecular formula is C16H21N3O2. The fourth-order valence-corrected chi connectivity index (χ4v) is 2.66. The smallest absolute Gasteiger partial charge is 0.118 e. The highest BCUT2D eigenvalue weighted by atomic mass is 16.5. The first kappa shape index (κ1) is 14.1. The van der Waals surface area contributed by atoms with Crippen LogP contribution in [0, 0.1) is 0 Å². The van der Waals surface area contributed by atoms with E-state index in [4.69, 9.17) is 9.47 Å². The summed E-state index contributed by atoms with van der Waals surface area (Å²) in [5.41, 5.74) is 3.61. The van der Waals surface area contributed by atoms with Crippen LogP contribution < -0.4 is 10.1 Å². The van der Waals surface area contributed by atoms with Gasteiger partial charge in [-0.05, 0) is 29.7 Å². The molecule has 1 aromatic carbocycles. The Bertz CT molecular complexity index is 592. The second-order valence-corrected chi connectivity index (χ2v) is 5.30. The number of aromatic nitrogens is 2. The summed E-state index contributed by atoms with van der Waals surface area (Å²) in [5.74, 6) is 0.882. The second-order valence-electron chi connectivity index (χ2n) is 5.30. The van der Waals surface area contributed by atoms with Crippen molar-refractivity contribution in [1.82, 2.24) is 15.1 Å². The molecule has 0 bridgehead atoms. The zero-order valence-corrected chi connectivity index (χ0v) is 12.5. The molecule has 2 heterocycles. The van der Waals surface area contributed by atoms with Gasteiger partial charge in [-0.2, -0.15) is 5.10 Å². The van der Waals surface area contributed by atoms with Crippen molar-refractivity contribution in [3.63, 3.8) is 0 Å². The maximum absolute atomic E-state index is 5.83. The third-order valence-corrected chi connectivity index (χ3v) is 3.75. The van der Waals surface area contributed by atoms with E-state index < -0.39 is 0 Å². The predicted molar refractivity (Wildman–Crippen MR) is 80.3 cm³/mol. The minimum absolute atomic E-state index is 0.0493. The van der Waals surface area contributed by atoms with E-state index in [0.717, 1.165) is 37.6 Å². The number of nitrogens with zero attached hydrogens (tertiary/aromatic N) is 2. The van der Waals surface area contributed by atoms with E-state index in [2.05, 4.69) is 28.7 Å². The largest absolute Gasteiger partial charge is 0.497 e. The van der Waals surface area contributed by atoms with Crippen LogP contribution in [0.25, 0.3) is 0 Å². The topological polar surface area (TPSA) is 48.3 Å². The van der Waals surface area contributed by atoms with Gasteiger partial charge in [0, 0.05) is 26.3 Å². The molecule has 0 saturated heterocycles. The molecule has 1 aliphatic rings. The van der Waals surface area contributed by atoms with Gasteiger partial charge in [-0.1, -0.05) is 12.1 Å². The summed E-state index contributed by atoms with van der Waals surface area (Å²) in [5, 5.41) is 7.96. The van der Waals surface area contributed by atoms with Crippen molar-refractivity contribution in [2.45, 2.75) is 19.1 Å². The summed E-state index contributed by atoms with van der Waals surface area (Å²) < 4.78 is 12.9. The molecule has 5 heteroatoms. The number of hydrogen-bond acceptors (Lipinski definition) is 4. The zero-order valence-electron chi connectivity index (χ0n) is 12.5. The van der Waals surface area contributed by atoms with Gasteiger partial charge in [-0.3, -0.25) is 4.68 Å². The molecule has 2 aromatic rings. The molecule has 1 aliphatic heterocycles. The Balaban J connectivity index is 1.56. The highest BCUT2D eigenvalue weighted by molar-refractivity contribution is 5.27. The maximum atomic E-state index is 5.83. The molecule has 1 aromatic heterocycles. The van der Waals surface area contributed by atoms with Crippen molar-refractivity contribution in [3.8, 4) is 5.75 Å². The lowest BCUT2D eigenvalue weighted by molar-refractivity contribution is 0.0393. The third-order valence-electron chi connectivity index (χ3n) is 3.75. The molecule has 0 spiro atoms. The number of methoxy groups -OCH3 is 1. The average Bonchev–Trinajstić information content (AvgIpc) is 2.89. The number of hydrogen-bond donors (Lipinski definition) is 1. The van der Waals surface area contributed by atoms with E-state index in [1.54, 1.807) is 7.11 Å². The first-order valence-electron chi connectivity index (χ1n) is 7.24. The average molecular weight is 287 g/mol. The normalized spacial score (nSPS) is 17.5. The summed E-state index contributed by atoms with van der Waals surface area (Å²) in [7, 11) is 3.64. The van der Waals surface area contributed by atoms with Crippen molar-refractivity contribution < 1.29 is 9.47 Å². The van der Waals surface area contributed by atoms with Crippen LogP contribution in [0.1, 0.15) is 22.9 Å². The van der Waals surface area contributed by atoms with Gasteiger partial charge in [0.1, 0.15) is 11.9 Å². The molecule has 0 amide bonds. The van der Waals surface area contributed by atoms with E-state index in [-0.39, 0.29) is 6.10 Å². The summed E-state index contributed by atoms with van der Waals surface area (Å²) in [6.07, 6.45) is 3.10. The monoisotopic (exact) mass is 287 g/mol. The molecule has 0 radical (unpaired) electrons. The lowest BCUT2D eigenvalue weighted by Gasteiger charge is -2.22. The van der Waals surface area contributed by atoms with Crippen molar-refractivity contribution in [3.05, 3.63) is 47.3 Å². The van der Waals surface area contributed by atoms with Gasteiger partial charge < -0.3 is 14.8 Å². The molecular weight excluding hydrogens is 266 g/mol. The number of aryl methyl sites for hydroxylation is 1. The van der Waals surface area contributed by atoms with Crippen LogP contribution in [0.5, 0.6) is 5.75 Å². The Morgan fingerprint density at radius 1 is 1.38 bits per heavy atom. The molecule has 0 fully saturated rings. The van der Waals surface area contributed by atoms with Gasteiger partial charge in [-0.15, -0.1) is 0 Å². The van der Waals surface area contributed by atoms with E-state index in [0.29, 0.717) is 0 Å². The van der Waals surface area contributed by atoms with Crippen LogP contribution in [0.15, 0.2) is 30.5 Å². The van der Waals surface area contributed by atoms with Crippen LogP contribution >= 0.6 is 0 Å². The van der Waals surface area contributed by atoms with Gasteiger partial charge in [0.05, 0.1) is 19.4 Å². The van der Waals surface area contributed by atoms with Gasteiger partial charge in [-0.25, -0.2) is 0 Å². The Kier molecular flexibility index (Phi) is 4.22. The Labute approximate surface area is 124 Å². The van der Waals surface area contributed by atoms with Gasteiger partial charge >= 0.3 is 0 Å². The number of rotatable bonds is 5. The summed E-state index contributed by atoms with van der Waals surface area (Å²) in [4.78, 5) is 0. The fourth-order valence-electron chi connectivity index (χ4n) is 2.66. The standard InChI is InChI=1S/C16H21N3O2/c1-19-11-13-7-8-21-15(16(13)18-19)10-17-9-12-3-5-14(20-2)6-4-12/h3-6,11,15,17H,7-10H2,1-2H3. The third kappa shape index (κ3) is 3.25. The zero-order chi connectivity index (χ0) is 14.7. The second kappa shape index (κ2) is 6.28. The molecule has 5 nitrogen and oxygen atoms in total. The lowest BCUT2D eigenvalue weighted by Crippen LogP contribution is -2.27. The van der Waals surface area contributed by atoms with E-state index in [1.807, 2.05) is 23.9 Å². The molecule has 21 heavy (non-hydrogen) atoms.